The molecule has 1 aromatic carbocycles. The highest BCUT2D eigenvalue weighted by Gasteiger charge is 2.25. The summed E-state index contributed by atoms with van der Waals surface area (Å²) in [7, 11) is -3.20. The second-order valence-electron chi connectivity index (χ2n) is 5.89. The Morgan fingerprint density at radius 1 is 1.39 bits per heavy atom. The lowest BCUT2D eigenvalue weighted by molar-refractivity contribution is 0.0952. The van der Waals surface area contributed by atoms with E-state index in [0.29, 0.717) is 15.8 Å². The number of amides is 1. The summed E-state index contributed by atoms with van der Waals surface area (Å²) in [5, 5.41) is 5.12. The van der Waals surface area contributed by atoms with Gasteiger partial charge in [-0.2, -0.15) is 0 Å². The molecule has 4 nitrogen and oxygen atoms in total. The topological polar surface area (TPSA) is 63.2 Å². The van der Waals surface area contributed by atoms with Crippen LogP contribution in [0.15, 0.2) is 29.7 Å². The number of halogens is 1. The molecule has 122 valence electrons. The van der Waals surface area contributed by atoms with Crippen molar-refractivity contribution in [2.45, 2.75) is 25.8 Å². The molecule has 2 heterocycles. The first-order valence-corrected chi connectivity index (χ1v) is 10.1. The second kappa shape index (κ2) is 5.92. The maximum absolute atomic E-state index is 12.4. The zero-order valence-corrected chi connectivity index (χ0v) is 15.1. The number of fused-ring (bicyclic) bond motifs is 1. The summed E-state index contributed by atoms with van der Waals surface area (Å²) in [4.78, 5) is 12.8. The fraction of sp³-hybridized carbons (Fsp3) is 0.312. The van der Waals surface area contributed by atoms with Gasteiger partial charge >= 0.3 is 0 Å². The van der Waals surface area contributed by atoms with Crippen LogP contribution in [0.3, 0.4) is 0 Å². The van der Waals surface area contributed by atoms with Crippen LogP contribution in [0, 0.1) is 0 Å². The Hall–Kier alpha value is -1.37. The zero-order valence-electron chi connectivity index (χ0n) is 12.7. The molecule has 3 rings (SSSR count). The van der Waals surface area contributed by atoms with Gasteiger partial charge in [-0.05, 0) is 23.6 Å². The largest absolute Gasteiger partial charge is 0.344 e. The van der Waals surface area contributed by atoms with Gasteiger partial charge in [0.1, 0.15) is 4.88 Å². The van der Waals surface area contributed by atoms with Gasteiger partial charge in [0, 0.05) is 15.5 Å². The molecule has 1 aliphatic heterocycles. The summed E-state index contributed by atoms with van der Waals surface area (Å²) in [6.07, 6.45) is 1.49. The fourth-order valence-corrected chi connectivity index (χ4v) is 5.19. The Balaban J connectivity index is 1.89. The highest BCUT2D eigenvalue weighted by atomic mass is 35.5. The normalized spacial score (nSPS) is 19.6. The van der Waals surface area contributed by atoms with E-state index in [1.54, 1.807) is 0 Å². The van der Waals surface area contributed by atoms with Crippen LogP contribution in [0.5, 0.6) is 0 Å². The van der Waals surface area contributed by atoms with Crippen molar-refractivity contribution in [1.82, 2.24) is 5.32 Å². The Bertz CT molecular complexity index is 913. The predicted molar refractivity (Wildman–Crippen MR) is 95.1 cm³/mol. The molecule has 2 aromatic rings. The minimum atomic E-state index is -3.20. The van der Waals surface area contributed by atoms with Crippen LogP contribution in [0.25, 0.3) is 10.1 Å². The fourth-order valence-electron chi connectivity index (χ4n) is 2.49. The monoisotopic (exact) mass is 369 g/mol. The van der Waals surface area contributed by atoms with E-state index in [1.807, 2.05) is 18.2 Å². The van der Waals surface area contributed by atoms with E-state index in [2.05, 4.69) is 19.2 Å². The van der Waals surface area contributed by atoms with Crippen molar-refractivity contribution in [2.24, 2.45) is 0 Å². The maximum atomic E-state index is 12.4. The summed E-state index contributed by atoms with van der Waals surface area (Å²) < 4.78 is 23.8. The van der Waals surface area contributed by atoms with Crippen molar-refractivity contribution in [3.63, 3.8) is 0 Å². The van der Waals surface area contributed by atoms with Crippen molar-refractivity contribution in [3.05, 3.63) is 45.1 Å². The molecular weight excluding hydrogens is 354 g/mol. The second-order valence-corrected chi connectivity index (χ2v) is 9.25. The number of benzene rings is 1. The van der Waals surface area contributed by atoms with Gasteiger partial charge in [-0.1, -0.05) is 37.6 Å². The minimum Gasteiger partial charge on any atom is -0.344 e. The first-order chi connectivity index (χ1) is 10.8. The van der Waals surface area contributed by atoms with E-state index in [1.165, 1.54) is 23.0 Å². The number of thiophene rings is 1. The van der Waals surface area contributed by atoms with Crippen molar-refractivity contribution < 1.29 is 13.2 Å². The molecule has 1 atom stereocenters. The Kier molecular flexibility index (Phi) is 4.25. The lowest BCUT2D eigenvalue weighted by Gasteiger charge is -2.08. The molecule has 1 N–H and O–H groups in total. The van der Waals surface area contributed by atoms with Gasteiger partial charge in [0.15, 0.2) is 9.84 Å². The maximum Gasteiger partial charge on any atom is 0.263 e. The van der Waals surface area contributed by atoms with Crippen molar-refractivity contribution in [1.29, 1.82) is 0 Å². The average molecular weight is 370 g/mol. The number of hydrogen-bond acceptors (Lipinski definition) is 4. The van der Waals surface area contributed by atoms with E-state index >= 15 is 0 Å². The summed E-state index contributed by atoms with van der Waals surface area (Å²) >= 11 is 7.67. The van der Waals surface area contributed by atoms with Crippen molar-refractivity contribution in [3.8, 4) is 0 Å². The van der Waals surface area contributed by atoms with E-state index in [9.17, 15) is 13.2 Å². The smallest absolute Gasteiger partial charge is 0.263 e. The molecule has 0 saturated heterocycles. The number of rotatable bonds is 3. The van der Waals surface area contributed by atoms with Gasteiger partial charge in [0.05, 0.1) is 16.8 Å². The molecule has 23 heavy (non-hydrogen) atoms. The number of carbonyl (C=O) groups is 1. The van der Waals surface area contributed by atoms with Gasteiger partial charge < -0.3 is 5.32 Å². The van der Waals surface area contributed by atoms with Gasteiger partial charge in [-0.15, -0.1) is 11.3 Å². The van der Waals surface area contributed by atoms with E-state index in [-0.39, 0.29) is 11.7 Å². The van der Waals surface area contributed by atoms with Crippen LogP contribution in [-0.4, -0.2) is 26.1 Å². The van der Waals surface area contributed by atoms with Crippen LogP contribution in [0.2, 0.25) is 5.02 Å². The molecule has 1 aromatic heterocycles. The Morgan fingerprint density at radius 2 is 2.13 bits per heavy atom. The highest BCUT2D eigenvalue weighted by molar-refractivity contribution is 7.94. The van der Waals surface area contributed by atoms with Crippen molar-refractivity contribution in [2.75, 3.05) is 5.75 Å². The molecule has 0 bridgehead atoms. The average Bonchev–Trinajstić information content (AvgIpc) is 2.98. The highest BCUT2D eigenvalue weighted by Crippen LogP contribution is 2.37. The SMILES string of the molecule is CC(C)c1ccc2c(Cl)c(C(=O)NC3C=CS(=O)(=O)C3)sc2c1. The van der Waals surface area contributed by atoms with Crippen LogP contribution in [0.4, 0.5) is 0 Å². The van der Waals surface area contributed by atoms with Gasteiger partial charge in [-0.3, -0.25) is 4.79 Å². The van der Waals surface area contributed by atoms with E-state index in [4.69, 9.17) is 11.6 Å². The van der Waals surface area contributed by atoms with Gasteiger partial charge in [-0.25, -0.2) is 8.42 Å². The standard InChI is InChI=1S/C16H16ClNO3S2/c1-9(2)10-3-4-12-13(7-10)22-15(14(12)17)16(19)18-11-5-6-23(20,21)8-11/h3-7,9,11H,8H2,1-2H3,(H,18,19). The van der Waals surface area contributed by atoms with Crippen LogP contribution >= 0.6 is 22.9 Å². The number of carbonyl (C=O) groups excluding carboxylic acids is 1. The molecule has 7 heteroatoms. The van der Waals surface area contributed by atoms with Gasteiger partial charge in [0.2, 0.25) is 0 Å². The Labute approximate surface area is 144 Å². The quantitative estimate of drug-likeness (QED) is 0.896. The third kappa shape index (κ3) is 3.29. The third-order valence-corrected chi connectivity index (χ3v) is 6.82. The molecule has 0 aliphatic carbocycles. The number of sulfone groups is 1. The lowest BCUT2D eigenvalue weighted by atomic mass is 10.0. The molecule has 0 radical (unpaired) electrons. The molecule has 0 fully saturated rings. The first-order valence-electron chi connectivity index (χ1n) is 7.20. The summed E-state index contributed by atoms with van der Waals surface area (Å²) in [5.74, 6) is -0.0425. The van der Waals surface area contributed by atoms with E-state index in [0.717, 1.165) is 15.5 Å². The van der Waals surface area contributed by atoms with Crippen LogP contribution < -0.4 is 5.32 Å². The molecule has 1 unspecified atom stereocenters. The molecule has 0 saturated carbocycles. The number of hydrogen-bond donors (Lipinski definition) is 1. The predicted octanol–water partition coefficient (Wildman–Crippen LogP) is 3.72. The van der Waals surface area contributed by atoms with Crippen LogP contribution in [0.1, 0.15) is 35.0 Å². The summed E-state index contributed by atoms with van der Waals surface area (Å²) in [5.41, 5.74) is 1.19. The third-order valence-electron chi connectivity index (χ3n) is 3.77. The zero-order chi connectivity index (χ0) is 16.8. The molecule has 0 spiro atoms. The van der Waals surface area contributed by atoms with Crippen LogP contribution in [-0.2, 0) is 9.84 Å². The minimum absolute atomic E-state index is 0.0985. The number of nitrogens with one attached hydrogen (secondary N) is 1. The summed E-state index contributed by atoms with van der Waals surface area (Å²) in [6.45, 7) is 4.22. The lowest BCUT2D eigenvalue weighted by Crippen LogP contribution is -2.35. The molecular formula is C16H16ClNO3S2. The van der Waals surface area contributed by atoms with Crippen molar-refractivity contribution >= 4 is 48.8 Å². The molecule has 1 aliphatic rings. The molecule has 1 amide bonds. The Morgan fingerprint density at radius 3 is 2.74 bits per heavy atom. The van der Waals surface area contributed by atoms with E-state index < -0.39 is 15.9 Å². The first kappa shape index (κ1) is 16.5. The summed E-state index contributed by atoms with van der Waals surface area (Å²) in [6, 6.07) is 5.49. The van der Waals surface area contributed by atoms with Gasteiger partial charge in [0.25, 0.3) is 5.91 Å².